The van der Waals surface area contributed by atoms with Gasteiger partial charge in [-0.2, -0.15) is 13.2 Å². The zero-order valence-electron chi connectivity index (χ0n) is 4.81. The first-order valence-corrected chi connectivity index (χ1v) is 2.36. The van der Waals surface area contributed by atoms with Crippen LogP contribution in [0.3, 0.4) is 0 Å². The van der Waals surface area contributed by atoms with E-state index in [1.807, 2.05) is 0 Å². The van der Waals surface area contributed by atoms with Gasteiger partial charge in [-0.3, -0.25) is 0 Å². The highest BCUT2D eigenvalue weighted by Gasteiger charge is 2.35. The molecule has 0 aliphatic rings. The van der Waals surface area contributed by atoms with Crippen LogP contribution in [-0.4, -0.2) is 17.4 Å². The van der Waals surface area contributed by atoms with E-state index in [0.717, 1.165) is 6.08 Å². The van der Waals surface area contributed by atoms with E-state index in [-0.39, 0.29) is 0 Å². The van der Waals surface area contributed by atoms with E-state index in [1.54, 1.807) is 0 Å². The van der Waals surface area contributed by atoms with Gasteiger partial charge < -0.3 is 5.11 Å². The molecule has 1 nitrogen and oxygen atoms in total. The van der Waals surface area contributed by atoms with E-state index in [1.165, 1.54) is 6.92 Å². The maximum atomic E-state index is 11.3. The molecule has 0 saturated carbocycles. The quantitative estimate of drug-likeness (QED) is 0.547. The fourth-order valence-corrected chi connectivity index (χ4v) is 0.291. The van der Waals surface area contributed by atoms with Gasteiger partial charge in [-0.15, -0.1) is 0 Å². The van der Waals surface area contributed by atoms with Gasteiger partial charge in [-0.25, -0.2) is 0 Å². The molecule has 1 unspecified atom stereocenters. The Hall–Kier alpha value is -0.510. The molecule has 0 aliphatic heterocycles. The molecular formula is C5H7F3O. The summed E-state index contributed by atoms with van der Waals surface area (Å²) in [5.74, 6) is 0. The zero-order chi connectivity index (χ0) is 7.49. The van der Waals surface area contributed by atoms with Crippen LogP contribution < -0.4 is 0 Å². The van der Waals surface area contributed by atoms with Crippen molar-refractivity contribution >= 4 is 0 Å². The Morgan fingerprint density at radius 2 is 1.89 bits per heavy atom. The summed E-state index contributed by atoms with van der Waals surface area (Å²) in [5.41, 5.74) is 0. The van der Waals surface area contributed by atoms with Crippen LogP contribution in [0.2, 0.25) is 0 Å². The van der Waals surface area contributed by atoms with Crippen LogP contribution in [0.4, 0.5) is 13.2 Å². The Labute approximate surface area is 50.8 Å². The van der Waals surface area contributed by atoms with Gasteiger partial charge in [0.2, 0.25) is 0 Å². The molecule has 0 aliphatic carbocycles. The van der Waals surface area contributed by atoms with Gasteiger partial charge in [0.25, 0.3) is 0 Å². The Morgan fingerprint density at radius 1 is 1.44 bits per heavy atom. The summed E-state index contributed by atoms with van der Waals surface area (Å²) in [6.45, 7) is 1.41. The van der Waals surface area contributed by atoms with E-state index < -0.39 is 12.3 Å². The molecule has 0 radical (unpaired) electrons. The van der Waals surface area contributed by atoms with E-state index in [9.17, 15) is 13.2 Å². The Kier molecular flexibility index (Phi) is 2.70. The molecule has 0 bridgehead atoms. The lowest BCUT2D eigenvalue weighted by atomic mass is 10.3. The van der Waals surface area contributed by atoms with Crippen molar-refractivity contribution in [3.63, 3.8) is 0 Å². The number of rotatable bonds is 1. The third kappa shape index (κ3) is 3.13. The maximum absolute atomic E-state index is 11.3. The Bertz CT molecular complexity index is 105. The van der Waals surface area contributed by atoms with Crippen LogP contribution in [0, 0.1) is 0 Å². The molecule has 0 spiro atoms. The predicted octanol–water partition coefficient (Wildman–Crippen LogP) is 1.49. The fraction of sp³-hybridized carbons (Fsp3) is 0.600. The van der Waals surface area contributed by atoms with Gasteiger partial charge in [0.15, 0.2) is 6.10 Å². The summed E-state index contributed by atoms with van der Waals surface area (Å²) >= 11 is 0. The van der Waals surface area contributed by atoms with Crippen molar-refractivity contribution < 1.29 is 18.3 Å². The first-order chi connectivity index (χ1) is 3.98. The van der Waals surface area contributed by atoms with Crippen LogP contribution in [0.15, 0.2) is 12.2 Å². The monoisotopic (exact) mass is 140 g/mol. The Balaban J connectivity index is 3.88. The van der Waals surface area contributed by atoms with Crippen LogP contribution in [0.25, 0.3) is 0 Å². The fourth-order valence-electron chi connectivity index (χ4n) is 0.291. The minimum Gasteiger partial charge on any atom is -0.380 e. The van der Waals surface area contributed by atoms with Crippen molar-refractivity contribution in [2.45, 2.75) is 19.2 Å². The molecule has 9 heavy (non-hydrogen) atoms. The van der Waals surface area contributed by atoms with Gasteiger partial charge >= 0.3 is 6.18 Å². The number of hydrogen-bond donors (Lipinski definition) is 1. The van der Waals surface area contributed by atoms with Gasteiger partial charge in [0.05, 0.1) is 0 Å². The summed E-state index contributed by atoms with van der Waals surface area (Å²) in [7, 11) is 0. The van der Waals surface area contributed by atoms with Crippen LogP contribution in [0.5, 0.6) is 0 Å². The van der Waals surface area contributed by atoms with Gasteiger partial charge in [0, 0.05) is 0 Å². The summed E-state index contributed by atoms with van der Waals surface area (Å²) in [6.07, 6.45) is -5.01. The largest absolute Gasteiger partial charge is 0.417 e. The highest BCUT2D eigenvalue weighted by Crippen LogP contribution is 2.20. The highest BCUT2D eigenvalue weighted by molar-refractivity contribution is 4.89. The average molecular weight is 140 g/mol. The van der Waals surface area contributed by atoms with Gasteiger partial charge in [0.1, 0.15) is 0 Å². The number of aliphatic hydroxyl groups excluding tert-OH is 1. The second-order valence-electron chi connectivity index (χ2n) is 1.51. The third-order valence-corrected chi connectivity index (χ3v) is 0.710. The number of halogens is 3. The molecule has 1 atom stereocenters. The number of allylic oxidation sites excluding steroid dienone is 1. The molecule has 0 aromatic rings. The molecule has 0 rings (SSSR count). The standard InChI is InChI=1S/C5H7F3O/c1-2-3-4(9)5(6,7)8/h2-4,9H,1H3/b3-2-. The lowest BCUT2D eigenvalue weighted by Gasteiger charge is -2.08. The molecule has 0 aromatic heterocycles. The Morgan fingerprint density at radius 3 is 2.00 bits per heavy atom. The molecular weight excluding hydrogens is 133 g/mol. The third-order valence-electron chi connectivity index (χ3n) is 0.710. The normalized spacial score (nSPS) is 16.6. The van der Waals surface area contributed by atoms with Gasteiger partial charge in [-0.05, 0) is 6.92 Å². The van der Waals surface area contributed by atoms with E-state index in [2.05, 4.69) is 0 Å². The molecule has 0 heterocycles. The van der Waals surface area contributed by atoms with Crippen molar-refractivity contribution in [1.29, 1.82) is 0 Å². The van der Waals surface area contributed by atoms with Crippen LogP contribution >= 0.6 is 0 Å². The number of alkyl halides is 3. The van der Waals surface area contributed by atoms with Crippen molar-refractivity contribution in [2.24, 2.45) is 0 Å². The van der Waals surface area contributed by atoms with E-state index in [4.69, 9.17) is 5.11 Å². The minimum absolute atomic E-state index is 0.681. The molecule has 54 valence electrons. The molecule has 0 fully saturated rings. The second-order valence-corrected chi connectivity index (χ2v) is 1.51. The van der Waals surface area contributed by atoms with Crippen molar-refractivity contribution in [1.82, 2.24) is 0 Å². The molecule has 4 heteroatoms. The van der Waals surface area contributed by atoms with Crippen LogP contribution in [-0.2, 0) is 0 Å². The summed E-state index contributed by atoms with van der Waals surface area (Å²) in [4.78, 5) is 0. The number of hydrogen-bond acceptors (Lipinski definition) is 1. The predicted molar refractivity (Wildman–Crippen MR) is 26.9 cm³/mol. The first-order valence-electron chi connectivity index (χ1n) is 2.36. The second kappa shape index (κ2) is 2.87. The zero-order valence-corrected chi connectivity index (χ0v) is 4.81. The summed E-state index contributed by atoms with van der Waals surface area (Å²) in [6, 6.07) is 0. The first kappa shape index (κ1) is 8.49. The number of aliphatic hydroxyl groups is 1. The van der Waals surface area contributed by atoms with E-state index >= 15 is 0 Å². The molecule has 0 aromatic carbocycles. The molecule has 1 N–H and O–H groups in total. The van der Waals surface area contributed by atoms with Crippen LogP contribution in [0.1, 0.15) is 6.92 Å². The minimum atomic E-state index is -4.52. The lowest BCUT2D eigenvalue weighted by Crippen LogP contribution is -2.25. The smallest absolute Gasteiger partial charge is 0.380 e. The maximum Gasteiger partial charge on any atom is 0.417 e. The summed E-state index contributed by atoms with van der Waals surface area (Å²) < 4.78 is 34.0. The molecule has 0 amide bonds. The van der Waals surface area contributed by atoms with E-state index in [0.29, 0.717) is 6.08 Å². The SMILES string of the molecule is C/C=C\C(O)C(F)(F)F. The highest BCUT2D eigenvalue weighted by atomic mass is 19.4. The average Bonchev–Trinajstić information content (AvgIpc) is 1.64. The van der Waals surface area contributed by atoms with Crippen molar-refractivity contribution in [3.05, 3.63) is 12.2 Å². The van der Waals surface area contributed by atoms with Crippen molar-refractivity contribution in [3.8, 4) is 0 Å². The summed E-state index contributed by atoms with van der Waals surface area (Å²) in [5, 5.41) is 8.17. The molecule has 0 saturated heterocycles. The van der Waals surface area contributed by atoms with Gasteiger partial charge in [-0.1, -0.05) is 12.2 Å². The lowest BCUT2D eigenvalue weighted by molar-refractivity contribution is -0.187. The van der Waals surface area contributed by atoms with Crippen molar-refractivity contribution in [2.75, 3.05) is 0 Å². The topological polar surface area (TPSA) is 20.2 Å².